The van der Waals surface area contributed by atoms with Crippen molar-refractivity contribution < 1.29 is 19.8 Å². The first-order valence-corrected chi connectivity index (χ1v) is 14.1. The second kappa shape index (κ2) is 9.62. The van der Waals surface area contributed by atoms with Crippen molar-refractivity contribution >= 4 is 11.9 Å². The molecule has 192 valence electrons. The van der Waals surface area contributed by atoms with E-state index in [1.54, 1.807) is 0 Å². The zero-order valence-electron chi connectivity index (χ0n) is 22.2. The Bertz CT molecular complexity index is 801. The summed E-state index contributed by atoms with van der Waals surface area (Å²) in [4.78, 5) is 23.3. The summed E-state index contributed by atoms with van der Waals surface area (Å²) < 4.78 is 0. The normalized spacial score (nSPS) is 40.3. The molecule has 2 N–H and O–H groups in total. The maximum absolute atomic E-state index is 11.7. The molecule has 1 unspecified atom stereocenters. The number of allylic oxidation sites excluding steroid dienone is 2. The van der Waals surface area contributed by atoms with E-state index >= 15 is 0 Å². The molecule has 0 saturated heterocycles. The Balaban J connectivity index is 1.49. The molecule has 3 saturated carbocycles. The summed E-state index contributed by atoms with van der Waals surface area (Å²) in [5, 5.41) is 19.1. The van der Waals surface area contributed by atoms with Crippen molar-refractivity contribution in [2.24, 2.45) is 58.2 Å². The Hall–Kier alpha value is -1.32. The third-order valence-corrected chi connectivity index (χ3v) is 11.3. The fraction of sp³-hybridized carbons (Fsp3) is 0.867. The average molecular weight is 473 g/mol. The van der Waals surface area contributed by atoms with Gasteiger partial charge in [-0.3, -0.25) is 9.59 Å². The maximum Gasteiger partial charge on any atom is 0.318 e. The van der Waals surface area contributed by atoms with E-state index in [2.05, 4.69) is 40.7 Å². The lowest BCUT2D eigenvalue weighted by molar-refractivity contribution is -0.158. The van der Waals surface area contributed by atoms with Gasteiger partial charge in [-0.25, -0.2) is 0 Å². The Morgan fingerprint density at radius 2 is 1.68 bits per heavy atom. The van der Waals surface area contributed by atoms with Gasteiger partial charge in [-0.2, -0.15) is 0 Å². The van der Waals surface area contributed by atoms with Crippen LogP contribution in [0.15, 0.2) is 11.6 Å². The molecule has 0 spiro atoms. The number of hydrogen-bond acceptors (Lipinski definition) is 2. The highest BCUT2D eigenvalue weighted by Gasteiger charge is 2.59. The van der Waals surface area contributed by atoms with Crippen LogP contribution in [0.25, 0.3) is 0 Å². The van der Waals surface area contributed by atoms with Gasteiger partial charge >= 0.3 is 11.9 Å². The van der Waals surface area contributed by atoms with Crippen molar-refractivity contribution in [3.05, 3.63) is 11.6 Å². The standard InChI is InChI=1S/C30H48O4/c1-18(2)7-6-8-19(3)23-11-12-24-22-10-9-21-17-20(26(27(31)32)28(33)34)13-15-29(21,4)25(22)14-16-30(23,24)5/h9,18-20,22-26H,6-8,10-17H2,1-5H3,(H,31,32)(H,33,34)/t19-,20?,22+,23-,24+,25+,29+,30-/m1/s1. The van der Waals surface area contributed by atoms with Gasteiger partial charge in [0.15, 0.2) is 5.92 Å². The van der Waals surface area contributed by atoms with Crippen LogP contribution in [-0.2, 0) is 9.59 Å². The van der Waals surface area contributed by atoms with Gasteiger partial charge in [0.1, 0.15) is 0 Å². The minimum absolute atomic E-state index is 0.128. The monoisotopic (exact) mass is 472 g/mol. The first kappa shape index (κ1) is 25.8. The summed E-state index contributed by atoms with van der Waals surface area (Å²) in [5.41, 5.74) is 1.97. The number of rotatable bonds is 8. The SMILES string of the molecule is CC(C)CCC[C@@H](C)[C@H]1CC[C@H]2[C@@H]3CC=C4CC(C(C(=O)O)C(=O)O)CC[C@]4(C)[C@H]3CC[C@]12C. The summed E-state index contributed by atoms with van der Waals surface area (Å²) >= 11 is 0. The molecular formula is C30H48O4. The summed E-state index contributed by atoms with van der Waals surface area (Å²) in [6.45, 7) is 12.2. The van der Waals surface area contributed by atoms with Crippen LogP contribution in [0.3, 0.4) is 0 Å². The van der Waals surface area contributed by atoms with Crippen LogP contribution in [0.5, 0.6) is 0 Å². The van der Waals surface area contributed by atoms with Gasteiger partial charge < -0.3 is 10.2 Å². The molecule has 0 heterocycles. The molecule has 0 radical (unpaired) electrons. The first-order chi connectivity index (χ1) is 16.0. The average Bonchev–Trinajstić information content (AvgIpc) is 3.10. The van der Waals surface area contributed by atoms with Crippen LogP contribution < -0.4 is 0 Å². The third kappa shape index (κ3) is 4.37. The maximum atomic E-state index is 11.7. The molecule has 3 fully saturated rings. The van der Waals surface area contributed by atoms with Gasteiger partial charge in [0.2, 0.25) is 0 Å². The van der Waals surface area contributed by atoms with Crippen LogP contribution in [0.1, 0.15) is 105 Å². The van der Waals surface area contributed by atoms with Gasteiger partial charge in [0.25, 0.3) is 0 Å². The number of carbonyl (C=O) groups is 2. The van der Waals surface area contributed by atoms with E-state index in [9.17, 15) is 19.8 Å². The molecule has 4 aliphatic carbocycles. The van der Waals surface area contributed by atoms with Crippen molar-refractivity contribution in [3.63, 3.8) is 0 Å². The Morgan fingerprint density at radius 3 is 2.32 bits per heavy atom. The zero-order chi connectivity index (χ0) is 24.8. The topological polar surface area (TPSA) is 74.6 Å². The number of aliphatic carboxylic acids is 2. The van der Waals surface area contributed by atoms with E-state index in [0.717, 1.165) is 48.9 Å². The lowest BCUT2D eigenvalue weighted by Crippen LogP contribution is -2.51. The summed E-state index contributed by atoms with van der Waals surface area (Å²) in [7, 11) is 0. The second-order valence-corrected chi connectivity index (χ2v) is 13.4. The highest BCUT2D eigenvalue weighted by Crippen LogP contribution is 2.67. The Kier molecular flexibility index (Phi) is 7.29. The molecule has 8 atom stereocenters. The number of hydrogen-bond donors (Lipinski definition) is 2. The van der Waals surface area contributed by atoms with Gasteiger partial charge in [0.05, 0.1) is 0 Å². The first-order valence-electron chi connectivity index (χ1n) is 14.1. The molecule has 34 heavy (non-hydrogen) atoms. The Morgan fingerprint density at radius 1 is 0.971 bits per heavy atom. The van der Waals surface area contributed by atoms with E-state index in [1.807, 2.05) is 0 Å². The molecular weight excluding hydrogens is 424 g/mol. The van der Waals surface area contributed by atoms with Crippen molar-refractivity contribution in [2.75, 3.05) is 0 Å². The summed E-state index contributed by atoms with van der Waals surface area (Å²) in [6, 6.07) is 0. The van der Waals surface area contributed by atoms with Crippen LogP contribution in [0, 0.1) is 58.2 Å². The van der Waals surface area contributed by atoms with E-state index in [0.29, 0.717) is 17.8 Å². The van der Waals surface area contributed by atoms with Crippen molar-refractivity contribution in [1.29, 1.82) is 0 Å². The quantitative estimate of drug-likeness (QED) is 0.284. The molecule has 0 aromatic rings. The fourth-order valence-corrected chi connectivity index (χ4v) is 9.51. The predicted molar refractivity (Wildman–Crippen MR) is 135 cm³/mol. The van der Waals surface area contributed by atoms with Gasteiger partial charge in [-0.15, -0.1) is 0 Å². The zero-order valence-corrected chi connectivity index (χ0v) is 22.2. The van der Waals surface area contributed by atoms with Crippen LogP contribution in [-0.4, -0.2) is 22.2 Å². The van der Waals surface area contributed by atoms with Crippen LogP contribution in [0.4, 0.5) is 0 Å². The molecule has 4 aliphatic rings. The molecule has 4 heteroatoms. The largest absolute Gasteiger partial charge is 0.481 e. The Labute approximate surface area is 207 Å². The van der Waals surface area contributed by atoms with Crippen LogP contribution >= 0.6 is 0 Å². The van der Waals surface area contributed by atoms with Gasteiger partial charge in [-0.05, 0) is 104 Å². The molecule has 0 aromatic heterocycles. The third-order valence-electron chi connectivity index (χ3n) is 11.3. The van der Waals surface area contributed by atoms with Crippen molar-refractivity contribution in [1.82, 2.24) is 0 Å². The number of carboxylic acid groups (broad SMARTS) is 2. The summed E-state index contributed by atoms with van der Waals surface area (Å²) in [6.07, 6.45) is 15.3. The van der Waals surface area contributed by atoms with E-state index in [-0.39, 0.29) is 11.3 Å². The minimum atomic E-state index is -1.27. The fourth-order valence-electron chi connectivity index (χ4n) is 9.51. The molecule has 0 aromatic carbocycles. The molecule has 0 bridgehead atoms. The highest BCUT2D eigenvalue weighted by atomic mass is 16.4. The van der Waals surface area contributed by atoms with E-state index in [1.165, 1.54) is 50.5 Å². The molecule has 4 nitrogen and oxygen atoms in total. The van der Waals surface area contributed by atoms with Crippen molar-refractivity contribution in [3.8, 4) is 0 Å². The van der Waals surface area contributed by atoms with E-state index in [4.69, 9.17) is 0 Å². The number of carboxylic acids is 2. The van der Waals surface area contributed by atoms with Gasteiger partial charge in [0, 0.05) is 0 Å². The molecule has 4 rings (SSSR count). The minimum Gasteiger partial charge on any atom is -0.481 e. The lowest BCUT2D eigenvalue weighted by atomic mass is 9.46. The highest BCUT2D eigenvalue weighted by molar-refractivity contribution is 5.93. The van der Waals surface area contributed by atoms with Crippen LogP contribution in [0.2, 0.25) is 0 Å². The smallest absolute Gasteiger partial charge is 0.318 e. The molecule has 0 amide bonds. The van der Waals surface area contributed by atoms with Crippen molar-refractivity contribution in [2.45, 2.75) is 105 Å². The summed E-state index contributed by atoms with van der Waals surface area (Å²) in [5.74, 6) is 0.791. The lowest BCUT2D eigenvalue weighted by Gasteiger charge is -2.58. The van der Waals surface area contributed by atoms with Gasteiger partial charge in [-0.1, -0.05) is 65.5 Å². The second-order valence-electron chi connectivity index (χ2n) is 13.4. The van der Waals surface area contributed by atoms with E-state index < -0.39 is 17.9 Å². The molecule has 0 aliphatic heterocycles. The number of fused-ring (bicyclic) bond motifs is 5. The predicted octanol–water partition coefficient (Wildman–Crippen LogP) is 7.43.